The number of hydrogen-bond donors (Lipinski definition) is 29. The van der Waals surface area contributed by atoms with E-state index < -0.39 is 280 Å². The fourth-order valence-corrected chi connectivity index (χ4v) is 12.5. The fraction of sp³-hybridized carbons (Fsp3) is 0.716. The van der Waals surface area contributed by atoms with Crippen molar-refractivity contribution >= 4 is 143 Å². The summed E-state index contributed by atoms with van der Waals surface area (Å²) in [5.41, 5.74) is 50.6. The molecule has 38 N–H and O–H groups in total. The Morgan fingerprint density at radius 1 is 0.394 bits per heavy atom. The van der Waals surface area contributed by atoms with Crippen LogP contribution in [0.25, 0.3) is 0 Å². The van der Waals surface area contributed by atoms with Crippen LogP contribution in [0.3, 0.4) is 0 Å². The van der Waals surface area contributed by atoms with Crippen LogP contribution in [-0.4, -0.2) is 285 Å². The van der Waals surface area contributed by atoms with E-state index in [2.05, 4.69) is 96.2 Å². The number of amides is 16. The molecule has 0 aliphatic carbocycles. The van der Waals surface area contributed by atoms with Gasteiger partial charge in [-0.15, -0.1) is 0 Å². The second-order valence-corrected chi connectivity index (χ2v) is 33.9. The minimum atomic E-state index is -4.67. The number of aliphatic carboxylic acids is 3. The van der Waals surface area contributed by atoms with Crippen molar-refractivity contribution in [1.82, 2.24) is 74.4 Å². The van der Waals surface area contributed by atoms with E-state index in [1.807, 2.05) is 0 Å². The Morgan fingerprint density at radius 2 is 0.740 bits per heavy atom. The lowest BCUT2D eigenvalue weighted by Gasteiger charge is -2.30. The number of nitrogens with two attached hydrogens (primary N) is 9. The number of carbonyl (C=O) groups is 19. The van der Waals surface area contributed by atoms with Crippen molar-refractivity contribution in [2.45, 2.75) is 268 Å². The maximum atomic E-state index is 14.8. The van der Waals surface area contributed by atoms with E-state index in [9.17, 15) is 121 Å². The molecular weight excluding hydrogens is 1720 g/mol. The Kier molecular flexibility index (Phi) is 55.9. The standard InChI is InChI=1S/C74H134N25O26PS/c1-9-39(8)58(71(120)97-51(35-125-126(123,124)127)69(118)98-57(38(6)7)70(119)94-41(18-14-28-84-73(80)81)60(109)86-33-54(103)87-49(72(121)122)31-37(4)5)99-66(115)46(21-24-53(79)102)91-62(111)43(17-11-13-27-76)88-63(112)44(19-15-29-85-74(82)83)90-61(110)42(16-10-12-26-75)89-65(114)47(22-25-55(104)105)92-64(113)45(20-23-52(78)101)93-67(116)48(32-56(106)107)95-68(117)50(34-100)96-59(108)40(77)30-36(2)3/h36-51,57-58,100H,9-35,75-77H2,1-8H3,(H2,78,101)(H2,79,102)(H,86,109)(H,87,103)(H,88,112)(H,89,114)(H,90,110)(H,91,111)(H,92,113)(H,93,116)(H,94,119)(H,95,117)(H,96,108)(H,97,120)(H,98,118)(H,99,115)(H,104,105)(H,106,107)(H,121,122)(H4,80,81,84)(H4,82,83,85)(H2,123,124,127)/t39-,40-,41-,42-,43-,44-,45-,46-,47-,48-,49-,50-,51-,57-,58-/m0/s1. The van der Waals surface area contributed by atoms with Gasteiger partial charge in [-0.3, -0.25) is 96.3 Å². The molecule has 0 aromatic carbocycles. The molecule has 51 nitrogen and oxygen atoms in total. The van der Waals surface area contributed by atoms with Crippen molar-refractivity contribution < 1.29 is 126 Å². The molecule has 0 spiro atoms. The van der Waals surface area contributed by atoms with Gasteiger partial charge >= 0.3 is 24.6 Å². The monoisotopic (exact) mass is 1850 g/mol. The fourth-order valence-electron chi connectivity index (χ4n) is 11.9. The first-order valence-corrected chi connectivity index (χ1v) is 44.0. The number of carboxylic acids is 3. The first-order chi connectivity index (χ1) is 59.3. The molecule has 0 aliphatic rings. The molecule has 0 rings (SSSR count). The predicted octanol–water partition coefficient (Wildman–Crippen LogP) is -9.94. The molecule has 53 heteroatoms. The summed E-state index contributed by atoms with van der Waals surface area (Å²) in [6, 6.07) is -23.9. The Hall–Kier alpha value is -11.2. The van der Waals surface area contributed by atoms with Crippen molar-refractivity contribution in [1.29, 1.82) is 0 Å². The third-order valence-electron chi connectivity index (χ3n) is 19.0. The summed E-state index contributed by atoms with van der Waals surface area (Å²) in [6.07, 6.45) is -5.62. The van der Waals surface area contributed by atoms with Crippen LogP contribution in [0.5, 0.6) is 0 Å². The maximum absolute atomic E-state index is 14.8. The van der Waals surface area contributed by atoms with Crippen LogP contribution >= 0.6 is 6.72 Å². The highest BCUT2D eigenvalue weighted by Crippen LogP contribution is 2.36. The summed E-state index contributed by atoms with van der Waals surface area (Å²) in [6.45, 7) is 5.21. The Balaban J connectivity index is 7.68. The lowest BCUT2D eigenvalue weighted by molar-refractivity contribution is -0.142. The predicted molar refractivity (Wildman–Crippen MR) is 460 cm³/mol. The van der Waals surface area contributed by atoms with Gasteiger partial charge in [-0.2, -0.15) is 0 Å². The van der Waals surface area contributed by atoms with Gasteiger partial charge in [-0.05, 0) is 145 Å². The molecule has 0 aromatic heterocycles. The van der Waals surface area contributed by atoms with E-state index in [-0.39, 0.29) is 133 Å². The average Bonchev–Trinajstić information content (AvgIpc) is 0.844. The van der Waals surface area contributed by atoms with Crippen molar-refractivity contribution in [3.8, 4) is 0 Å². The molecule has 0 aromatic rings. The molecule has 0 unspecified atom stereocenters. The van der Waals surface area contributed by atoms with Crippen LogP contribution in [0.15, 0.2) is 9.98 Å². The summed E-state index contributed by atoms with van der Waals surface area (Å²) in [7, 11) is 0. The lowest BCUT2D eigenvalue weighted by atomic mass is 9.97. The summed E-state index contributed by atoms with van der Waals surface area (Å²) >= 11 is 4.64. The largest absolute Gasteiger partial charge is 0.481 e. The first-order valence-electron chi connectivity index (χ1n) is 41.3. The number of aliphatic imine (C=N–C) groups is 2. The van der Waals surface area contributed by atoms with E-state index >= 15 is 0 Å². The summed E-state index contributed by atoms with van der Waals surface area (Å²) < 4.78 is 5.03. The van der Waals surface area contributed by atoms with Gasteiger partial charge in [0.25, 0.3) is 0 Å². The Bertz CT molecular complexity index is 3800. The smallest absolute Gasteiger partial charge is 0.326 e. The maximum Gasteiger partial charge on any atom is 0.326 e. The number of aliphatic hydroxyl groups is 1. The lowest BCUT2D eigenvalue weighted by Crippen LogP contribution is -2.62. The van der Waals surface area contributed by atoms with Gasteiger partial charge in [-0.25, -0.2) is 4.79 Å². The van der Waals surface area contributed by atoms with Crippen LogP contribution in [-0.2, 0) is 107 Å². The van der Waals surface area contributed by atoms with Gasteiger partial charge in [0.05, 0.1) is 32.2 Å². The SMILES string of the molecule is CC[C@H](C)[C@H](NC(=O)[C@H](CCC(N)=O)NC(=O)[C@H](CCCCN)NC(=O)[C@H](CCCN=C(N)N)NC(=O)[C@H](CCCCN)NC(=O)[C@H](CCC(=O)O)NC(=O)[C@H](CCC(N)=O)NC(=O)[C@H](CC(=O)O)NC(=O)[C@H](CO)NC(=O)[C@@H](N)CC(C)C)C(=O)N[C@@H](COP(O)(O)=S)C(=O)N[C@H](C(=O)N[C@@H](CCCN=C(N)N)C(=O)NCC(=O)N[C@@H](CC(C)C)C(=O)O)C(C)C. The number of nitrogens with zero attached hydrogens (tertiary/aromatic N) is 2. The molecule has 0 saturated heterocycles. The number of hydrogen-bond acceptors (Lipinski definition) is 27. The molecule has 15 atom stereocenters. The molecule has 127 heavy (non-hydrogen) atoms. The highest BCUT2D eigenvalue weighted by Gasteiger charge is 2.40. The zero-order valence-corrected chi connectivity index (χ0v) is 74.5. The number of rotatable bonds is 67. The minimum absolute atomic E-state index is 0.0355. The summed E-state index contributed by atoms with van der Waals surface area (Å²) in [5.74, 6) is -25.3. The summed E-state index contributed by atoms with van der Waals surface area (Å²) in [5, 5.41) is 72.3. The van der Waals surface area contributed by atoms with Crippen LogP contribution in [0.1, 0.15) is 184 Å². The van der Waals surface area contributed by atoms with Crippen LogP contribution in [0.4, 0.5) is 0 Å². The molecule has 0 aliphatic heterocycles. The molecular formula is C74H134N25O26PS. The van der Waals surface area contributed by atoms with Crippen LogP contribution < -0.4 is 126 Å². The number of carbonyl (C=O) groups excluding carboxylic acids is 16. The van der Waals surface area contributed by atoms with E-state index in [0.29, 0.717) is 0 Å². The molecule has 722 valence electrons. The van der Waals surface area contributed by atoms with Crippen LogP contribution in [0, 0.1) is 23.7 Å². The van der Waals surface area contributed by atoms with E-state index in [4.69, 9.17) is 56.1 Å². The van der Waals surface area contributed by atoms with Gasteiger partial charge in [0.2, 0.25) is 94.5 Å². The highest BCUT2D eigenvalue weighted by atomic mass is 32.5. The highest BCUT2D eigenvalue weighted by molar-refractivity contribution is 8.06. The Labute approximate surface area is 739 Å². The molecule has 0 bridgehead atoms. The first kappa shape index (κ1) is 116. The van der Waals surface area contributed by atoms with Gasteiger partial charge in [0.1, 0.15) is 78.5 Å². The number of carboxylic acid groups (broad SMARTS) is 3. The van der Waals surface area contributed by atoms with Gasteiger partial charge < -0.3 is 161 Å². The van der Waals surface area contributed by atoms with Gasteiger partial charge in [-0.1, -0.05) is 61.8 Å². The van der Waals surface area contributed by atoms with Gasteiger partial charge in [0, 0.05) is 32.4 Å². The zero-order chi connectivity index (χ0) is 97.1. The van der Waals surface area contributed by atoms with E-state index in [0.717, 1.165) is 0 Å². The van der Waals surface area contributed by atoms with Crippen LogP contribution in [0.2, 0.25) is 0 Å². The number of unbranched alkanes of at least 4 members (excludes halogenated alkanes) is 2. The average molecular weight is 1850 g/mol. The third kappa shape index (κ3) is 50.1. The van der Waals surface area contributed by atoms with Crippen molar-refractivity contribution in [2.75, 3.05) is 45.9 Å². The number of guanidine groups is 2. The molecule has 0 heterocycles. The van der Waals surface area contributed by atoms with E-state index in [1.165, 1.54) is 20.8 Å². The van der Waals surface area contributed by atoms with Gasteiger partial charge in [0.15, 0.2) is 11.9 Å². The third-order valence-corrected chi connectivity index (χ3v) is 19.8. The topological polar surface area (TPSA) is 882 Å². The Morgan fingerprint density at radius 3 is 1.11 bits per heavy atom. The van der Waals surface area contributed by atoms with E-state index in [1.54, 1.807) is 34.6 Å². The molecule has 0 fully saturated rings. The minimum Gasteiger partial charge on any atom is -0.481 e. The number of nitrogens with one attached hydrogen (secondary N) is 14. The number of primary amides is 2. The van der Waals surface area contributed by atoms with Crippen molar-refractivity contribution in [3.63, 3.8) is 0 Å². The zero-order valence-electron chi connectivity index (χ0n) is 72.8. The van der Waals surface area contributed by atoms with Crippen molar-refractivity contribution in [3.05, 3.63) is 0 Å². The second kappa shape index (κ2) is 61.3. The normalized spacial score (nSPS) is 14.8. The molecule has 16 amide bonds. The molecule has 0 saturated carbocycles. The second-order valence-electron chi connectivity index (χ2n) is 31.2. The number of aliphatic hydroxyl groups excluding tert-OH is 1. The quantitative estimate of drug-likeness (QED) is 0.0116. The van der Waals surface area contributed by atoms with Crippen molar-refractivity contribution in [2.24, 2.45) is 85.3 Å². The summed E-state index contributed by atoms with van der Waals surface area (Å²) in [4.78, 5) is 286. The molecule has 0 radical (unpaired) electrons.